The summed E-state index contributed by atoms with van der Waals surface area (Å²) in [5.41, 5.74) is -0.366. The van der Waals surface area contributed by atoms with Crippen molar-refractivity contribution in [2.75, 3.05) is 12.4 Å². The standard InChI is InChI=1S/C17H25ClO2S/c1-3-20-17(10-8-13(2)9-11-17)16(19)12-21-15-7-5-4-6-14(15)18/h4-7,13,16,19H,3,8-12H2,1-2H3. The number of rotatable bonds is 6. The summed E-state index contributed by atoms with van der Waals surface area (Å²) in [6, 6.07) is 7.78. The van der Waals surface area contributed by atoms with Crippen molar-refractivity contribution in [2.45, 2.75) is 56.1 Å². The maximum Gasteiger partial charge on any atom is 0.0948 e. The van der Waals surface area contributed by atoms with Crippen LogP contribution in [0.15, 0.2) is 29.2 Å². The van der Waals surface area contributed by atoms with Gasteiger partial charge in [-0.2, -0.15) is 0 Å². The van der Waals surface area contributed by atoms with E-state index in [1.54, 1.807) is 11.8 Å². The monoisotopic (exact) mass is 328 g/mol. The Kier molecular flexibility index (Phi) is 6.42. The predicted octanol–water partition coefficient (Wildman–Crippen LogP) is 4.78. The molecule has 0 heterocycles. The number of aliphatic hydroxyl groups is 1. The molecule has 21 heavy (non-hydrogen) atoms. The van der Waals surface area contributed by atoms with Gasteiger partial charge in [-0.05, 0) is 50.7 Å². The van der Waals surface area contributed by atoms with Gasteiger partial charge in [0.2, 0.25) is 0 Å². The molecule has 0 aliphatic heterocycles. The van der Waals surface area contributed by atoms with Crippen LogP contribution >= 0.6 is 23.4 Å². The minimum Gasteiger partial charge on any atom is -0.389 e. The first-order chi connectivity index (χ1) is 10.1. The third-order valence-corrected chi connectivity index (χ3v) is 5.98. The van der Waals surface area contributed by atoms with E-state index in [-0.39, 0.29) is 5.60 Å². The number of benzene rings is 1. The molecule has 0 radical (unpaired) electrons. The second-order valence-electron chi connectivity index (χ2n) is 5.94. The van der Waals surface area contributed by atoms with E-state index >= 15 is 0 Å². The molecule has 1 aliphatic carbocycles. The van der Waals surface area contributed by atoms with Crippen molar-refractivity contribution in [3.05, 3.63) is 29.3 Å². The van der Waals surface area contributed by atoms with E-state index in [0.717, 1.165) is 41.5 Å². The number of halogens is 1. The molecule has 1 atom stereocenters. The molecule has 0 saturated heterocycles. The lowest BCUT2D eigenvalue weighted by Crippen LogP contribution is -2.48. The molecule has 1 aliphatic rings. The van der Waals surface area contributed by atoms with Crippen molar-refractivity contribution in [3.63, 3.8) is 0 Å². The van der Waals surface area contributed by atoms with Crippen LogP contribution in [-0.4, -0.2) is 29.2 Å². The zero-order chi connectivity index (χ0) is 15.3. The lowest BCUT2D eigenvalue weighted by molar-refractivity contribution is -0.136. The Labute approximate surface area is 137 Å². The highest BCUT2D eigenvalue weighted by Crippen LogP contribution is 2.39. The Bertz CT molecular complexity index is 444. The largest absolute Gasteiger partial charge is 0.389 e. The van der Waals surface area contributed by atoms with Crippen molar-refractivity contribution in [1.82, 2.24) is 0 Å². The number of hydrogen-bond acceptors (Lipinski definition) is 3. The summed E-state index contributed by atoms with van der Waals surface area (Å²) in [5.74, 6) is 1.36. The Hall–Kier alpha value is -0.220. The van der Waals surface area contributed by atoms with Gasteiger partial charge in [-0.1, -0.05) is 30.7 Å². The highest BCUT2D eigenvalue weighted by Gasteiger charge is 2.41. The van der Waals surface area contributed by atoms with E-state index in [2.05, 4.69) is 6.92 Å². The maximum atomic E-state index is 10.7. The molecule has 1 aromatic carbocycles. The van der Waals surface area contributed by atoms with Crippen LogP contribution in [-0.2, 0) is 4.74 Å². The molecule has 1 unspecified atom stereocenters. The summed E-state index contributed by atoms with van der Waals surface area (Å²) < 4.78 is 6.00. The normalized spacial score (nSPS) is 27.5. The Morgan fingerprint density at radius 1 is 1.38 bits per heavy atom. The van der Waals surface area contributed by atoms with Gasteiger partial charge in [0, 0.05) is 17.3 Å². The third kappa shape index (κ3) is 4.38. The lowest BCUT2D eigenvalue weighted by atomic mass is 9.76. The highest BCUT2D eigenvalue weighted by atomic mass is 35.5. The fourth-order valence-electron chi connectivity index (χ4n) is 2.99. The fourth-order valence-corrected chi connectivity index (χ4v) is 4.32. The quantitative estimate of drug-likeness (QED) is 0.762. The van der Waals surface area contributed by atoms with Crippen LogP contribution in [0.4, 0.5) is 0 Å². The van der Waals surface area contributed by atoms with E-state index in [0.29, 0.717) is 12.4 Å². The lowest BCUT2D eigenvalue weighted by Gasteiger charge is -2.42. The second kappa shape index (κ2) is 7.87. The van der Waals surface area contributed by atoms with Gasteiger partial charge in [0.1, 0.15) is 0 Å². The smallest absolute Gasteiger partial charge is 0.0948 e. The molecule has 2 rings (SSSR count). The predicted molar refractivity (Wildman–Crippen MR) is 90.2 cm³/mol. The fraction of sp³-hybridized carbons (Fsp3) is 0.647. The van der Waals surface area contributed by atoms with E-state index in [1.165, 1.54) is 0 Å². The van der Waals surface area contributed by atoms with Crippen LogP contribution in [0.2, 0.25) is 5.02 Å². The summed E-state index contributed by atoms with van der Waals surface area (Å²) in [6.45, 7) is 4.94. The minimum atomic E-state index is -0.453. The van der Waals surface area contributed by atoms with Gasteiger partial charge >= 0.3 is 0 Å². The molecule has 1 fully saturated rings. The molecule has 0 spiro atoms. The molecular formula is C17H25ClO2S. The van der Waals surface area contributed by atoms with Gasteiger partial charge in [-0.15, -0.1) is 11.8 Å². The van der Waals surface area contributed by atoms with Gasteiger partial charge in [-0.25, -0.2) is 0 Å². The first kappa shape index (κ1) is 17.1. The maximum absolute atomic E-state index is 10.7. The first-order valence-electron chi connectivity index (χ1n) is 7.77. The summed E-state index contributed by atoms with van der Waals surface area (Å²) in [7, 11) is 0. The van der Waals surface area contributed by atoms with Gasteiger partial charge in [0.15, 0.2) is 0 Å². The van der Waals surface area contributed by atoms with E-state index in [4.69, 9.17) is 16.3 Å². The molecule has 0 bridgehead atoms. The van der Waals surface area contributed by atoms with Crippen molar-refractivity contribution >= 4 is 23.4 Å². The van der Waals surface area contributed by atoms with Crippen molar-refractivity contribution < 1.29 is 9.84 Å². The highest BCUT2D eigenvalue weighted by molar-refractivity contribution is 7.99. The zero-order valence-electron chi connectivity index (χ0n) is 12.8. The minimum absolute atomic E-state index is 0.366. The first-order valence-corrected chi connectivity index (χ1v) is 9.13. The van der Waals surface area contributed by atoms with E-state index in [1.807, 2.05) is 31.2 Å². The molecule has 0 aromatic heterocycles. The summed E-state index contributed by atoms with van der Waals surface area (Å²) >= 11 is 7.79. The topological polar surface area (TPSA) is 29.5 Å². The van der Waals surface area contributed by atoms with Gasteiger partial charge in [0.25, 0.3) is 0 Å². The van der Waals surface area contributed by atoms with Crippen LogP contribution in [0.25, 0.3) is 0 Å². The Morgan fingerprint density at radius 2 is 2.05 bits per heavy atom. The average Bonchev–Trinajstić information content (AvgIpc) is 2.49. The molecule has 0 amide bonds. The van der Waals surface area contributed by atoms with E-state index < -0.39 is 6.10 Å². The molecule has 2 nitrogen and oxygen atoms in total. The summed E-state index contributed by atoms with van der Waals surface area (Å²) in [4.78, 5) is 1.02. The second-order valence-corrected chi connectivity index (χ2v) is 7.41. The van der Waals surface area contributed by atoms with Crippen LogP contribution in [0.1, 0.15) is 39.5 Å². The molecule has 1 aromatic rings. The SMILES string of the molecule is CCOC1(C(O)CSc2ccccc2Cl)CCC(C)CC1. The average molecular weight is 329 g/mol. The van der Waals surface area contributed by atoms with Crippen molar-refractivity contribution in [2.24, 2.45) is 5.92 Å². The van der Waals surface area contributed by atoms with Crippen molar-refractivity contribution in [3.8, 4) is 0 Å². The van der Waals surface area contributed by atoms with Crippen molar-refractivity contribution in [1.29, 1.82) is 0 Å². The van der Waals surface area contributed by atoms with E-state index in [9.17, 15) is 5.11 Å². The summed E-state index contributed by atoms with van der Waals surface area (Å²) in [5, 5.41) is 11.5. The molecular weight excluding hydrogens is 304 g/mol. The Morgan fingerprint density at radius 3 is 2.67 bits per heavy atom. The van der Waals surface area contributed by atoms with Crippen LogP contribution in [0.5, 0.6) is 0 Å². The third-order valence-electron chi connectivity index (χ3n) is 4.39. The molecule has 1 N–H and O–H groups in total. The summed E-state index contributed by atoms with van der Waals surface area (Å²) in [6.07, 6.45) is 3.71. The van der Waals surface area contributed by atoms with Gasteiger partial charge < -0.3 is 9.84 Å². The van der Waals surface area contributed by atoms with Crippen LogP contribution in [0, 0.1) is 5.92 Å². The zero-order valence-corrected chi connectivity index (χ0v) is 14.4. The number of aliphatic hydroxyl groups excluding tert-OH is 1. The van der Waals surface area contributed by atoms with Gasteiger partial charge in [-0.3, -0.25) is 0 Å². The molecule has 1 saturated carbocycles. The number of thioether (sulfide) groups is 1. The molecule has 118 valence electrons. The molecule has 4 heteroatoms. The number of ether oxygens (including phenoxy) is 1. The van der Waals surface area contributed by atoms with Crippen LogP contribution < -0.4 is 0 Å². The van der Waals surface area contributed by atoms with Crippen LogP contribution in [0.3, 0.4) is 0 Å². The number of hydrogen-bond donors (Lipinski definition) is 1. The Balaban J connectivity index is 1.99. The van der Waals surface area contributed by atoms with Gasteiger partial charge in [0.05, 0.1) is 16.7 Å².